The molecule has 1 aromatic carbocycles. The van der Waals surface area contributed by atoms with Crippen molar-refractivity contribution in [1.82, 2.24) is 5.32 Å². The van der Waals surface area contributed by atoms with Crippen molar-refractivity contribution < 1.29 is 9.47 Å². The van der Waals surface area contributed by atoms with Crippen LogP contribution in [0.1, 0.15) is 20.3 Å². The van der Waals surface area contributed by atoms with Crippen LogP contribution in [0.3, 0.4) is 0 Å². The van der Waals surface area contributed by atoms with E-state index in [1.54, 1.807) is 0 Å². The van der Waals surface area contributed by atoms with E-state index in [4.69, 9.17) is 9.47 Å². The lowest BCUT2D eigenvalue weighted by atomic mass is 10.2. The quantitative estimate of drug-likeness (QED) is 0.849. The molecule has 0 aliphatic carbocycles. The molecular weight excluding hydrogens is 202 g/mol. The fourth-order valence-electron chi connectivity index (χ4n) is 1.72. The lowest BCUT2D eigenvalue weighted by Crippen LogP contribution is -2.35. The van der Waals surface area contributed by atoms with Gasteiger partial charge in [0.2, 0.25) is 0 Å². The summed E-state index contributed by atoms with van der Waals surface area (Å²) < 4.78 is 11.6. The Kier molecular flexibility index (Phi) is 3.67. The van der Waals surface area contributed by atoms with Crippen molar-refractivity contribution in [2.75, 3.05) is 13.2 Å². The summed E-state index contributed by atoms with van der Waals surface area (Å²) in [7, 11) is 0. The first kappa shape index (κ1) is 11.3. The summed E-state index contributed by atoms with van der Waals surface area (Å²) in [4.78, 5) is 0. The van der Waals surface area contributed by atoms with E-state index in [9.17, 15) is 0 Å². The predicted molar refractivity (Wildman–Crippen MR) is 64.1 cm³/mol. The second-order valence-electron chi connectivity index (χ2n) is 4.39. The van der Waals surface area contributed by atoms with Crippen LogP contribution in [-0.4, -0.2) is 25.3 Å². The first-order chi connectivity index (χ1) is 7.75. The van der Waals surface area contributed by atoms with Gasteiger partial charge < -0.3 is 14.8 Å². The molecule has 0 fully saturated rings. The third-order valence-corrected chi connectivity index (χ3v) is 2.59. The molecule has 0 radical (unpaired) electrons. The SMILES string of the molecule is CC(C)NCC1CCOc2ccccc2O1. The smallest absolute Gasteiger partial charge is 0.161 e. The van der Waals surface area contributed by atoms with Gasteiger partial charge >= 0.3 is 0 Å². The highest BCUT2D eigenvalue weighted by atomic mass is 16.5. The number of fused-ring (bicyclic) bond motifs is 1. The van der Waals surface area contributed by atoms with Gasteiger partial charge in [-0.2, -0.15) is 0 Å². The van der Waals surface area contributed by atoms with Crippen molar-refractivity contribution >= 4 is 0 Å². The zero-order valence-electron chi connectivity index (χ0n) is 9.90. The van der Waals surface area contributed by atoms with Crippen molar-refractivity contribution in [3.05, 3.63) is 24.3 Å². The molecule has 1 aliphatic heterocycles. The van der Waals surface area contributed by atoms with Gasteiger partial charge in [-0.1, -0.05) is 26.0 Å². The number of nitrogens with one attached hydrogen (secondary N) is 1. The van der Waals surface area contributed by atoms with E-state index >= 15 is 0 Å². The van der Waals surface area contributed by atoms with Crippen molar-refractivity contribution in [3.63, 3.8) is 0 Å². The molecule has 3 heteroatoms. The summed E-state index contributed by atoms with van der Waals surface area (Å²) in [6.07, 6.45) is 1.13. The lowest BCUT2D eigenvalue weighted by Gasteiger charge is -2.18. The summed E-state index contributed by atoms with van der Waals surface area (Å²) in [6, 6.07) is 8.34. The highest BCUT2D eigenvalue weighted by molar-refractivity contribution is 5.40. The number of ether oxygens (including phenoxy) is 2. The fraction of sp³-hybridized carbons (Fsp3) is 0.538. The zero-order chi connectivity index (χ0) is 11.4. The Morgan fingerprint density at radius 1 is 1.31 bits per heavy atom. The van der Waals surface area contributed by atoms with Crippen molar-refractivity contribution in [3.8, 4) is 11.5 Å². The Bertz CT molecular complexity index is 338. The molecule has 16 heavy (non-hydrogen) atoms. The van der Waals surface area contributed by atoms with Crippen LogP contribution in [0.5, 0.6) is 11.5 Å². The largest absolute Gasteiger partial charge is 0.490 e. The molecule has 1 unspecified atom stereocenters. The average Bonchev–Trinajstić information content (AvgIpc) is 2.47. The third kappa shape index (κ3) is 2.89. The summed E-state index contributed by atoms with van der Waals surface area (Å²) in [5, 5.41) is 3.39. The first-order valence-corrected chi connectivity index (χ1v) is 5.87. The number of hydrogen-bond acceptors (Lipinski definition) is 3. The van der Waals surface area contributed by atoms with Crippen LogP contribution in [0.2, 0.25) is 0 Å². The van der Waals surface area contributed by atoms with Crippen LogP contribution >= 0.6 is 0 Å². The molecule has 0 amide bonds. The van der Waals surface area contributed by atoms with Gasteiger partial charge in [0.25, 0.3) is 0 Å². The maximum Gasteiger partial charge on any atom is 0.161 e. The van der Waals surface area contributed by atoms with Gasteiger partial charge in [0.15, 0.2) is 11.5 Å². The highest BCUT2D eigenvalue weighted by Crippen LogP contribution is 2.30. The molecule has 0 aromatic heterocycles. The summed E-state index contributed by atoms with van der Waals surface area (Å²) >= 11 is 0. The van der Waals surface area contributed by atoms with Crippen molar-refractivity contribution in [1.29, 1.82) is 0 Å². The third-order valence-electron chi connectivity index (χ3n) is 2.59. The van der Waals surface area contributed by atoms with E-state index in [1.165, 1.54) is 0 Å². The minimum Gasteiger partial charge on any atom is -0.490 e. The Morgan fingerprint density at radius 3 is 2.81 bits per heavy atom. The lowest BCUT2D eigenvalue weighted by molar-refractivity contribution is 0.184. The molecule has 1 N–H and O–H groups in total. The van der Waals surface area contributed by atoms with E-state index in [2.05, 4.69) is 19.2 Å². The minimum atomic E-state index is 0.200. The minimum absolute atomic E-state index is 0.200. The highest BCUT2D eigenvalue weighted by Gasteiger charge is 2.17. The maximum absolute atomic E-state index is 5.92. The van der Waals surface area contributed by atoms with Gasteiger partial charge in [-0.25, -0.2) is 0 Å². The predicted octanol–water partition coefficient (Wildman–Crippen LogP) is 2.21. The van der Waals surface area contributed by atoms with E-state index in [0.717, 1.165) is 31.1 Å². The van der Waals surface area contributed by atoms with Gasteiger partial charge in [-0.05, 0) is 12.1 Å². The standard InChI is InChI=1S/C13H19NO2/c1-10(2)14-9-11-7-8-15-12-5-3-4-6-13(12)16-11/h3-6,10-11,14H,7-9H2,1-2H3. The van der Waals surface area contributed by atoms with E-state index in [1.807, 2.05) is 24.3 Å². The second kappa shape index (κ2) is 5.21. The van der Waals surface area contributed by atoms with E-state index in [-0.39, 0.29) is 6.10 Å². The molecule has 1 atom stereocenters. The molecular formula is C13H19NO2. The first-order valence-electron chi connectivity index (χ1n) is 5.87. The fourth-order valence-corrected chi connectivity index (χ4v) is 1.72. The van der Waals surface area contributed by atoms with Gasteiger partial charge in [-0.15, -0.1) is 0 Å². The van der Waals surface area contributed by atoms with Gasteiger partial charge in [0, 0.05) is 19.0 Å². The Labute approximate surface area is 96.8 Å². The van der Waals surface area contributed by atoms with Gasteiger partial charge in [-0.3, -0.25) is 0 Å². The molecule has 1 aromatic rings. The Balaban J connectivity index is 1.99. The summed E-state index contributed by atoms with van der Waals surface area (Å²) in [5.74, 6) is 1.71. The molecule has 0 saturated heterocycles. The topological polar surface area (TPSA) is 30.5 Å². The molecule has 0 spiro atoms. The zero-order valence-corrected chi connectivity index (χ0v) is 9.90. The summed E-state index contributed by atoms with van der Waals surface area (Å²) in [5.41, 5.74) is 0. The van der Waals surface area contributed by atoms with Crippen LogP contribution in [0.25, 0.3) is 0 Å². The molecule has 88 valence electrons. The number of para-hydroxylation sites is 2. The molecule has 1 aliphatic rings. The molecule has 2 rings (SSSR count). The monoisotopic (exact) mass is 221 g/mol. The van der Waals surface area contributed by atoms with E-state index in [0.29, 0.717) is 6.04 Å². The molecule has 1 heterocycles. The molecule has 3 nitrogen and oxygen atoms in total. The van der Waals surface area contributed by atoms with Crippen molar-refractivity contribution in [2.24, 2.45) is 0 Å². The summed E-state index contributed by atoms with van der Waals surface area (Å²) in [6.45, 7) is 5.87. The number of hydrogen-bond donors (Lipinski definition) is 1. The maximum atomic E-state index is 5.92. The van der Waals surface area contributed by atoms with Crippen LogP contribution in [0.15, 0.2) is 24.3 Å². The van der Waals surface area contributed by atoms with Crippen LogP contribution in [-0.2, 0) is 0 Å². The average molecular weight is 221 g/mol. The molecule has 0 saturated carbocycles. The second-order valence-corrected chi connectivity index (χ2v) is 4.39. The van der Waals surface area contributed by atoms with Crippen LogP contribution in [0, 0.1) is 0 Å². The van der Waals surface area contributed by atoms with E-state index < -0.39 is 0 Å². The van der Waals surface area contributed by atoms with Crippen LogP contribution in [0.4, 0.5) is 0 Å². The molecule has 0 bridgehead atoms. The number of benzene rings is 1. The van der Waals surface area contributed by atoms with Crippen LogP contribution < -0.4 is 14.8 Å². The van der Waals surface area contributed by atoms with Crippen molar-refractivity contribution in [2.45, 2.75) is 32.4 Å². The number of rotatable bonds is 3. The Morgan fingerprint density at radius 2 is 2.06 bits per heavy atom. The van der Waals surface area contributed by atoms with Gasteiger partial charge in [0.05, 0.1) is 6.61 Å². The van der Waals surface area contributed by atoms with Gasteiger partial charge in [0.1, 0.15) is 6.10 Å². The Hall–Kier alpha value is -1.22. The normalized spacial score (nSPS) is 19.6.